The molecule has 0 saturated carbocycles. The Labute approximate surface area is 234 Å². The zero-order valence-corrected chi connectivity index (χ0v) is 25.7. The molecule has 2 rings (SSSR count). The largest absolute Gasteiger partial charge is 0.444 e. The number of aromatic nitrogens is 2. The molecule has 214 valence electrons. The number of anilines is 1. The molecule has 0 radical (unpaired) electrons. The Balaban J connectivity index is 2.43. The van der Waals surface area contributed by atoms with E-state index in [1.807, 2.05) is 62.7 Å². The molecule has 0 saturated heterocycles. The summed E-state index contributed by atoms with van der Waals surface area (Å²) >= 11 is 0. The molecule has 2 aromatic rings. The SMILES string of the molecule is C=CC[C@H](NC(=O)OC(C)(C)C)c1nc(-c2ccccc2NC(=O)CC(C)C=C)cn1COCC[Si](C)(C)C. The highest BCUT2D eigenvalue weighted by Gasteiger charge is 2.25. The van der Waals surface area contributed by atoms with E-state index >= 15 is 0 Å². The Bertz CT molecular complexity index is 1130. The third kappa shape index (κ3) is 11.2. The molecular formula is C30H46N4O4Si. The van der Waals surface area contributed by atoms with Gasteiger partial charge in [-0.05, 0) is 45.2 Å². The molecule has 1 aromatic carbocycles. The summed E-state index contributed by atoms with van der Waals surface area (Å²) in [7, 11) is -1.26. The number of alkyl carbamates (subject to hydrolysis) is 1. The van der Waals surface area contributed by atoms with Crippen LogP contribution in [0.25, 0.3) is 11.3 Å². The number of hydrogen-bond acceptors (Lipinski definition) is 5. The lowest BCUT2D eigenvalue weighted by atomic mass is 10.1. The highest BCUT2D eigenvalue weighted by atomic mass is 28.3. The van der Waals surface area contributed by atoms with Gasteiger partial charge in [-0.25, -0.2) is 9.78 Å². The Morgan fingerprint density at radius 1 is 1.18 bits per heavy atom. The maximum atomic E-state index is 12.7. The van der Waals surface area contributed by atoms with Crippen molar-refractivity contribution in [2.45, 2.75) is 84.6 Å². The molecular weight excluding hydrogens is 508 g/mol. The molecule has 0 bridgehead atoms. The van der Waals surface area contributed by atoms with Crippen molar-refractivity contribution in [2.24, 2.45) is 5.92 Å². The normalized spacial score (nSPS) is 13.3. The molecule has 9 heteroatoms. The fraction of sp³-hybridized carbons (Fsp3) is 0.500. The van der Waals surface area contributed by atoms with Gasteiger partial charge in [-0.3, -0.25) is 4.79 Å². The van der Waals surface area contributed by atoms with Crippen LogP contribution in [0, 0.1) is 5.92 Å². The van der Waals surface area contributed by atoms with Crippen LogP contribution in [0.1, 0.15) is 52.4 Å². The van der Waals surface area contributed by atoms with E-state index in [1.165, 1.54) is 0 Å². The zero-order chi connectivity index (χ0) is 29.2. The Kier molecular flexibility index (Phi) is 11.7. The number of imidazole rings is 1. The van der Waals surface area contributed by atoms with Crippen molar-refractivity contribution in [2.75, 3.05) is 11.9 Å². The molecule has 1 heterocycles. The average Bonchev–Trinajstić information content (AvgIpc) is 3.24. The van der Waals surface area contributed by atoms with Gasteiger partial charge in [0.25, 0.3) is 0 Å². The number of ether oxygens (including phenoxy) is 2. The third-order valence-electron chi connectivity index (χ3n) is 5.83. The summed E-state index contributed by atoms with van der Waals surface area (Å²) in [5, 5.41) is 5.96. The smallest absolute Gasteiger partial charge is 0.408 e. The Hall–Kier alpha value is -3.17. The lowest BCUT2D eigenvalue weighted by molar-refractivity contribution is -0.116. The number of allylic oxidation sites excluding steroid dienone is 1. The second-order valence-electron chi connectivity index (χ2n) is 12.0. The number of para-hydroxylation sites is 1. The maximum absolute atomic E-state index is 12.7. The number of benzene rings is 1. The molecule has 0 fully saturated rings. The number of amides is 2. The molecule has 8 nitrogen and oxygen atoms in total. The number of carbonyl (C=O) groups excluding carboxylic acids is 2. The summed E-state index contributed by atoms with van der Waals surface area (Å²) in [5.41, 5.74) is 1.46. The third-order valence-corrected chi connectivity index (χ3v) is 7.53. The van der Waals surface area contributed by atoms with E-state index in [0.29, 0.717) is 36.7 Å². The fourth-order valence-electron chi connectivity index (χ4n) is 3.72. The number of nitrogens with zero attached hydrogens (tertiary/aromatic N) is 2. The fourth-order valence-corrected chi connectivity index (χ4v) is 4.48. The van der Waals surface area contributed by atoms with E-state index in [1.54, 1.807) is 12.2 Å². The molecule has 0 aliphatic carbocycles. The van der Waals surface area contributed by atoms with E-state index in [0.717, 1.165) is 11.6 Å². The predicted molar refractivity (Wildman–Crippen MR) is 161 cm³/mol. The van der Waals surface area contributed by atoms with E-state index in [9.17, 15) is 9.59 Å². The Morgan fingerprint density at radius 3 is 2.49 bits per heavy atom. The molecule has 0 aliphatic heterocycles. The van der Waals surface area contributed by atoms with E-state index < -0.39 is 25.8 Å². The van der Waals surface area contributed by atoms with Crippen molar-refractivity contribution in [3.05, 3.63) is 61.6 Å². The number of nitrogens with one attached hydrogen (secondary N) is 2. The molecule has 2 atom stereocenters. The summed E-state index contributed by atoms with van der Waals surface area (Å²) in [4.78, 5) is 30.3. The van der Waals surface area contributed by atoms with Crippen LogP contribution in [0.5, 0.6) is 0 Å². The lowest BCUT2D eigenvalue weighted by Gasteiger charge is -2.23. The predicted octanol–water partition coefficient (Wildman–Crippen LogP) is 7.16. The first-order chi connectivity index (χ1) is 18.2. The van der Waals surface area contributed by atoms with Gasteiger partial charge in [0.05, 0.1) is 17.4 Å². The summed E-state index contributed by atoms with van der Waals surface area (Å²) < 4.78 is 13.5. The van der Waals surface area contributed by atoms with Gasteiger partial charge in [0.2, 0.25) is 5.91 Å². The molecule has 0 spiro atoms. The molecule has 2 amide bonds. The summed E-state index contributed by atoms with van der Waals surface area (Å²) in [6, 6.07) is 8.10. The monoisotopic (exact) mass is 554 g/mol. The number of hydrogen-bond donors (Lipinski definition) is 2. The van der Waals surface area contributed by atoms with Crippen LogP contribution in [0.15, 0.2) is 55.8 Å². The van der Waals surface area contributed by atoms with Crippen LogP contribution >= 0.6 is 0 Å². The van der Waals surface area contributed by atoms with E-state index in [-0.39, 0.29) is 18.6 Å². The van der Waals surface area contributed by atoms with Gasteiger partial charge in [0.1, 0.15) is 18.2 Å². The van der Waals surface area contributed by atoms with Gasteiger partial charge in [-0.1, -0.05) is 56.9 Å². The van der Waals surface area contributed by atoms with Crippen LogP contribution in [0.2, 0.25) is 25.7 Å². The first kappa shape index (κ1) is 32.0. The first-order valence-corrected chi connectivity index (χ1v) is 17.2. The van der Waals surface area contributed by atoms with Gasteiger partial charge in [0.15, 0.2) is 0 Å². The number of rotatable bonds is 14. The van der Waals surface area contributed by atoms with Gasteiger partial charge in [-0.2, -0.15) is 0 Å². The van der Waals surface area contributed by atoms with Crippen LogP contribution in [0.3, 0.4) is 0 Å². The van der Waals surface area contributed by atoms with Crippen LogP contribution < -0.4 is 10.6 Å². The van der Waals surface area contributed by atoms with Gasteiger partial charge >= 0.3 is 6.09 Å². The van der Waals surface area contributed by atoms with Crippen molar-refractivity contribution < 1.29 is 19.1 Å². The van der Waals surface area contributed by atoms with Crippen molar-refractivity contribution in [3.8, 4) is 11.3 Å². The zero-order valence-electron chi connectivity index (χ0n) is 24.7. The van der Waals surface area contributed by atoms with Crippen molar-refractivity contribution in [1.29, 1.82) is 0 Å². The van der Waals surface area contributed by atoms with E-state index in [2.05, 4.69) is 43.4 Å². The highest BCUT2D eigenvalue weighted by molar-refractivity contribution is 6.76. The minimum Gasteiger partial charge on any atom is -0.444 e. The van der Waals surface area contributed by atoms with Gasteiger partial charge in [-0.15, -0.1) is 13.2 Å². The minimum atomic E-state index is -1.26. The second kappa shape index (κ2) is 14.3. The topological polar surface area (TPSA) is 94.5 Å². The number of carbonyl (C=O) groups is 2. The van der Waals surface area contributed by atoms with Crippen molar-refractivity contribution >= 4 is 25.8 Å². The summed E-state index contributed by atoms with van der Waals surface area (Å²) in [6.45, 7) is 22.9. The molecule has 1 unspecified atom stereocenters. The van der Waals surface area contributed by atoms with Crippen molar-refractivity contribution in [3.63, 3.8) is 0 Å². The van der Waals surface area contributed by atoms with Gasteiger partial charge < -0.3 is 24.7 Å². The first-order valence-electron chi connectivity index (χ1n) is 13.5. The van der Waals surface area contributed by atoms with Crippen molar-refractivity contribution in [1.82, 2.24) is 14.9 Å². The quantitative estimate of drug-likeness (QED) is 0.147. The second-order valence-corrected chi connectivity index (χ2v) is 17.7. The average molecular weight is 555 g/mol. The molecule has 1 aromatic heterocycles. The molecule has 0 aliphatic rings. The summed E-state index contributed by atoms with van der Waals surface area (Å²) in [5.74, 6) is 0.584. The maximum Gasteiger partial charge on any atom is 0.408 e. The van der Waals surface area contributed by atoms with E-state index in [4.69, 9.17) is 14.5 Å². The molecule has 2 N–H and O–H groups in total. The Morgan fingerprint density at radius 2 is 1.87 bits per heavy atom. The summed E-state index contributed by atoms with van der Waals surface area (Å²) in [6.07, 6.45) is 5.65. The van der Waals surface area contributed by atoms with Crippen LogP contribution in [0.4, 0.5) is 10.5 Å². The minimum absolute atomic E-state index is 0.0647. The lowest BCUT2D eigenvalue weighted by Crippen LogP contribution is -2.36. The highest BCUT2D eigenvalue weighted by Crippen LogP contribution is 2.30. The van der Waals surface area contributed by atoms with Crippen LogP contribution in [-0.4, -0.2) is 41.8 Å². The molecule has 39 heavy (non-hydrogen) atoms. The standard InChI is InChI=1S/C30H46N4O4Si/c1-10-14-25(33-29(36)38-30(4,5)6)28-32-26(20-34(28)21-37-17-18-39(7,8)9)23-15-12-13-16-24(23)31-27(35)19-22(3)11-2/h10-13,15-16,20,22,25H,1-2,14,17-19,21H2,3-9H3,(H,31,35)(H,33,36)/t22?,25-/m0/s1. The van der Waals surface area contributed by atoms with Gasteiger partial charge in [0, 0.05) is 32.9 Å². The van der Waals surface area contributed by atoms with Crippen LogP contribution in [-0.2, 0) is 21.0 Å².